The van der Waals surface area contributed by atoms with Gasteiger partial charge < -0.3 is 14.8 Å². The highest BCUT2D eigenvalue weighted by Crippen LogP contribution is 2.24. The van der Waals surface area contributed by atoms with Crippen molar-refractivity contribution < 1.29 is 24.4 Å². The number of methoxy groups -OCH3 is 1. The van der Waals surface area contributed by atoms with E-state index in [9.17, 15) is 9.59 Å². The van der Waals surface area contributed by atoms with Crippen LogP contribution in [0.15, 0.2) is 48.5 Å². The van der Waals surface area contributed by atoms with E-state index in [-0.39, 0.29) is 24.3 Å². The number of anilines is 1. The smallest absolute Gasteiger partial charge is 0.292 e. The number of carbonyl (C=O) groups excluding carboxylic acids is 2. The van der Waals surface area contributed by atoms with Gasteiger partial charge in [0.05, 0.1) is 32.4 Å². The first-order valence-electron chi connectivity index (χ1n) is 9.18. The number of hydrogen-bond donors (Lipinski definition) is 1. The lowest BCUT2D eigenvalue weighted by atomic mass is 10.1. The first-order valence-corrected chi connectivity index (χ1v) is 9.18. The average molecular weight is 369 g/mol. The van der Waals surface area contributed by atoms with Crippen molar-refractivity contribution in [2.45, 2.75) is 25.8 Å². The summed E-state index contributed by atoms with van der Waals surface area (Å²) in [6.07, 6.45) is 1.03. The van der Waals surface area contributed by atoms with Crippen LogP contribution in [0.2, 0.25) is 0 Å². The molecule has 1 aliphatic rings. The molecule has 1 aliphatic heterocycles. The Hall–Kier alpha value is -2.86. The molecule has 2 aromatic rings. The predicted molar refractivity (Wildman–Crippen MR) is 102 cm³/mol. The van der Waals surface area contributed by atoms with Gasteiger partial charge in [-0.25, -0.2) is 4.90 Å². The number of ether oxygens (including phenoxy) is 2. The number of hydrogen-bond acceptors (Lipinski definition) is 4. The van der Waals surface area contributed by atoms with Crippen LogP contribution in [0.1, 0.15) is 18.9 Å². The van der Waals surface area contributed by atoms with Gasteiger partial charge in [-0.15, -0.1) is 0 Å². The Balaban J connectivity index is 1.58. The molecule has 6 nitrogen and oxygen atoms in total. The molecule has 0 spiro atoms. The normalized spacial score (nSPS) is 16.7. The maximum atomic E-state index is 12.7. The summed E-state index contributed by atoms with van der Waals surface area (Å²) in [5.74, 6) is 1.23. The molecule has 0 saturated carbocycles. The molecule has 6 heteroatoms. The van der Waals surface area contributed by atoms with Gasteiger partial charge in [0, 0.05) is 6.42 Å². The summed E-state index contributed by atoms with van der Waals surface area (Å²) in [4.78, 5) is 26.3. The monoisotopic (exact) mass is 369 g/mol. The third kappa shape index (κ3) is 4.46. The Labute approximate surface area is 159 Å². The van der Waals surface area contributed by atoms with Crippen molar-refractivity contribution in [3.8, 4) is 11.5 Å². The summed E-state index contributed by atoms with van der Waals surface area (Å²) in [6, 6.07) is 14.6. The molecule has 27 heavy (non-hydrogen) atoms. The SMILES string of the molecule is CCOc1ccc(N2C(=O)C[C@H]([NH2+]CCc3cccc(OC)c3)C2=O)cc1. The zero-order valence-electron chi connectivity index (χ0n) is 15.7. The van der Waals surface area contributed by atoms with Crippen LogP contribution in [0.3, 0.4) is 0 Å². The van der Waals surface area contributed by atoms with Crippen LogP contribution >= 0.6 is 0 Å². The number of imide groups is 1. The molecule has 1 atom stereocenters. The van der Waals surface area contributed by atoms with E-state index in [1.807, 2.05) is 36.5 Å². The summed E-state index contributed by atoms with van der Waals surface area (Å²) in [7, 11) is 1.64. The van der Waals surface area contributed by atoms with Crippen molar-refractivity contribution in [1.82, 2.24) is 0 Å². The lowest BCUT2D eigenvalue weighted by Gasteiger charge is -2.15. The van der Waals surface area contributed by atoms with Gasteiger partial charge in [-0.2, -0.15) is 0 Å². The molecule has 2 amide bonds. The number of rotatable bonds is 8. The Kier molecular flexibility index (Phi) is 6.08. The quantitative estimate of drug-likeness (QED) is 0.717. The Morgan fingerprint density at radius 2 is 1.89 bits per heavy atom. The fourth-order valence-corrected chi connectivity index (χ4v) is 3.25. The van der Waals surface area contributed by atoms with Crippen molar-refractivity contribution in [3.63, 3.8) is 0 Å². The topological polar surface area (TPSA) is 72.4 Å². The third-order valence-electron chi connectivity index (χ3n) is 4.61. The number of nitrogens with two attached hydrogens (primary N) is 1. The van der Waals surface area contributed by atoms with Gasteiger partial charge in [0.1, 0.15) is 11.5 Å². The molecule has 0 bridgehead atoms. The summed E-state index contributed by atoms with van der Waals surface area (Å²) in [5.41, 5.74) is 1.74. The molecule has 1 saturated heterocycles. The van der Waals surface area contributed by atoms with Crippen LogP contribution in [0.5, 0.6) is 11.5 Å². The summed E-state index contributed by atoms with van der Waals surface area (Å²) in [6.45, 7) is 3.21. The zero-order valence-corrected chi connectivity index (χ0v) is 15.7. The van der Waals surface area contributed by atoms with Crippen molar-refractivity contribution >= 4 is 17.5 Å². The molecular weight excluding hydrogens is 344 g/mol. The van der Waals surface area contributed by atoms with Crippen LogP contribution in [-0.4, -0.2) is 38.1 Å². The number of nitrogens with zero attached hydrogens (tertiary/aromatic N) is 1. The van der Waals surface area contributed by atoms with Gasteiger partial charge in [0.15, 0.2) is 6.04 Å². The zero-order chi connectivity index (χ0) is 19.2. The standard InChI is InChI=1S/C21H24N2O4/c1-3-27-17-9-7-16(8-10-17)23-20(24)14-19(21(23)25)22-12-11-15-5-4-6-18(13-15)26-2/h4-10,13,19,22H,3,11-12,14H2,1-2H3/p+1/t19-/m0/s1. The van der Waals surface area contributed by atoms with Gasteiger partial charge >= 0.3 is 0 Å². The molecule has 3 rings (SSSR count). The van der Waals surface area contributed by atoms with E-state index in [0.29, 0.717) is 12.3 Å². The second-order valence-electron chi connectivity index (χ2n) is 6.43. The van der Waals surface area contributed by atoms with Crippen LogP contribution in [0, 0.1) is 0 Å². The van der Waals surface area contributed by atoms with E-state index in [1.54, 1.807) is 31.4 Å². The molecule has 0 radical (unpaired) electrons. The second kappa shape index (κ2) is 8.68. The van der Waals surface area contributed by atoms with Gasteiger partial charge in [0.2, 0.25) is 5.91 Å². The lowest BCUT2D eigenvalue weighted by molar-refractivity contribution is -0.674. The Bertz CT molecular complexity index is 804. The van der Waals surface area contributed by atoms with Crippen molar-refractivity contribution in [2.24, 2.45) is 0 Å². The molecule has 1 fully saturated rings. The number of benzene rings is 2. The maximum Gasteiger partial charge on any atom is 0.292 e. The summed E-state index contributed by atoms with van der Waals surface area (Å²) >= 11 is 0. The van der Waals surface area contributed by atoms with Crippen molar-refractivity contribution in [3.05, 3.63) is 54.1 Å². The first kappa shape index (κ1) is 18.9. The highest BCUT2D eigenvalue weighted by Gasteiger charge is 2.42. The van der Waals surface area contributed by atoms with Gasteiger partial charge in [-0.3, -0.25) is 9.59 Å². The first-order chi connectivity index (χ1) is 13.1. The fraction of sp³-hybridized carbons (Fsp3) is 0.333. The molecule has 1 heterocycles. The highest BCUT2D eigenvalue weighted by molar-refractivity contribution is 6.21. The van der Waals surface area contributed by atoms with E-state index in [4.69, 9.17) is 9.47 Å². The maximum absolute atomic E-state index is 12.7. The molecule has 0 aliphatic carbocycles. The molecule has 142 valence electrons. The van der Waals surface area contributed by atoms with Gasteiger partial charge in [-0.05, 0) is 48.9 Å². The molecule has 0 unspecified atom stereocenters. The van der Waals surface area contributed by atoms with E-state index in [1.165, 1.54) is 4.90 Å². The van der Waals surface area contributed by atoms with E-state index >= 15 is 0 Å². The van der Waals surface area contributed by atoms with Crippen LogP contribution in [0.4, 0.5) is 5.69 Å². The van der Waals surface area contributed by atoms with Crippen LogP contribution < -0.4 is 19.7 Å². The third-order valence-corrected chi connectivity index (χ3v) is 4.61. The number of carbonyl (C=O) groups is 2. The minimum Gasteiger partial charge on any atom is -0.497 e. The largest absolute Gasteiger partial charge is 0.497 e. The predicted octanol–water partition coefficient (Wildman–Crippen LogP) is 1.53. The lowest BCUT2D eigenvalue weighted by Crippen LogP contribution is -2.92. The summed E-state index contributed by atoms with van der Waals surface area (Å²) in [5, 5.41) is 1.95. The Morgan fingerprint density at radius 1 is 1.11 bits per heavy atom. The van der Waals surface area contributed by atoms with Crippen LogP contribution in [-0.2, 0) is 16.0 Å². The van der Waals surface area contributed by atoms with Gasteiger partial charge in [0.25, 0.3) is 5.91 Å². The fourth-order valence-electron chi connectivity index (χ4n) is 3.25. The number of amides is 2. The van der Waals surface area contributed by atoms with E-state index in [0.717, 1.165) is 30.0 Å². The molecular formula is C21H25N2O4+. The second-order valence-corrected chi connectivity index (χ2v) is 6.43. The minimum atomic E-state index is -0.366. The highest BCUT2D eigenvalue weighted by atomic mass is 16.5. The van der Waals surface area contributed by atoms with Crippen molar-refractivity contribution in [1.29, 1.82) is 0 Å². The van der Waals surface area contributed by atoms with Crippen molar-refractivity contribution in [2.75, 3.05) is 25.2 Å². The van der Waals surface area contributed by atoms with Gasteiger partial charge in [-0.1, -0.05) is 12.1 Å². The molecule has 2 aromatic carbocycles. The Morgan fingerprint density at radius 3 is 2.59 bits per heavy atom. The van der Waals surface area contributed by atoms with E-state index < -0.39 is 0 Å². The number of quaternary nitrogens is 1. The molecule has 2 N–H and O–H groups in total. The summed E-state index contributed by atoms with van der Waals surface area (Å²) < 4.78 is 10.6. The molecule has 0 aromatic heterocycles. The minimum absolute atomic E-state index is 0.158. The van der Waals surface area contributed by atoms with Crippen LogP contribution in [0.25, 0.3) is 0 Å². The average Bonchev–Trinajstić information content (AvgIpc) is 2.96. The van der Waals surface area contributed by atoms with E-state index in [2.05, 4.69) is 0 Å².